The molecule has 0 bridgehead atoms. The summed E-state index contributed by atoms with van der Waals surface area (Å²) in [6.07, 6.45) is -0.122. The van der Waals surface area contributed by atoms with Gasteiger partial charge in [0.15, 0.2) is 4.34 Å². The summed E-state index contributed by atoms with van der Waals surface area (Å²) < 4.78 is 8.04. The van der Waals surface area contributed by atoms with Gasteiger partial charge >= 0.3 is 0 Å². The van der Waals surface area contributed by atoms with Crippen LogP contribution in [0, 0.1) is 0 Å². The highest BCUT2D eigenvalue weighted by Crippen LogP contribution is 2.28. The molecule has 13 heteroatoms. The van der Waals surface area contributed by atoms with Crippen LogP contribution < -0.4 is 11.1 Å². The van der Waals surface area contributed by atoms with Crippen molar-refractivity contribution in [2.45, 2.75) is 30.3 Å². The number of ether oxygens (including phenoxy) is 1. The Kier molecular flexibility index (Phi) is 9.98. The normalized spacial score (nSPS) is 16.3. The van der Waals surface area contributed by atoms with Crippen molar-refractivity contribution in [3.63, 3.8) is 0 Å². The third-order valence-electron chi connectivity index (χ3n) is 4.89. The van der Waals surface area contributed by atoms with Gasteiger partial charge in [0, 0.05) is 56.9 Å². The zero-order valence-electron chi connectivity index (χ0n) is 18.5. The number of hydrogen-bond acceptors (Lipinski definition) is 8. The lowest BCUT2D eigenvalue weighted by atomic mass is 10.2. The number of aromatic nitrogens is 1. The van der Waals surface area contributed by atoms with Crippen molar-refractivity contribution in [3.8, 4) is 0 Å². The first-order valence-corrected chi connectivity index (χ1v) is 12.9. The molecule has 1 atom stereocenters. The Morgan fingerprint density at radius 1 is 1.35 bits per heavy atom. The molecule has 1 aromatic carbocycles. The molecule has 1 fully saturated rings. The summed E-state index contributed by atoms with van der Waals surface area (Å²) in [7, 11) is 0. The Labute approximate surface area is 216 Å². The Morgan fingerprint density at radius 2 is 2.15 bits per heavy atom. The van der Waals surface area contributed by atoms with E-state index in [0.717, 1.165) is 12.1 Å². The minimum atomic E-state index is -0.493. The molecule has 3 N–H and O–H groups in total. The van der Waals surface area contributed by atoms with E-state index >= 15 is 0 Å². The van der Waals surface area contributed by atoms with Crippen LogP contribution in [-0.2, 0) is 20.9 Å². The van der Waals surface area contributed by atoms with Gasteiger partial charge in [0.2, 0.25) is 11.8 Å². The summed E-state index contributed by atoms with van der Waals surface area (Å²) in [4.78, 5) is 41.8. The molecule has 3 rings (SSSR count). The molecule has 0 spiro atoms. The maximum atomic E-state index is 12.3. The Morgan fingerprint density at radius 3 is 2.85 bits per heavy atom. The largest absolute Gasteiger partial charge is 0.374 e. The predicted molar refractivity (Wildman–Crippen MR) is 133 cm³/mol. The van der Waals surface area contributed by atoms with Gasteiger partial charge in [0.25, 0.3) is 5.91 Å². The number of primary amides is 1. The van der Waals surface area contributed by atoms with Crippen molar-refractivity contribution < 1.29 is 19.1 Å². The van der Waals surface area contributed by atoms with Crippen LogP contribution in [0.4, 0.5) is 0 Å². The van der Waals surface area contributed by atoms with Crippen molar-refractivity contribution in [1.82, 2.24) is 19.5 Å². The second kappa shape index (κ2) is 12.7. The molecule has 1 aliphatic heterocycles. The number of nitrogens with zero attached hydrogens (tertiary/aromatic N) is 3. The van der Waals surface area contributed by atoms with E-state index in [1.54, 1.807) is 15.8 Å². The van der Waals surface area contributed by atoms with Crippen molar-refractivity contribution >= 4 is 64.2 Å². The zero-order chi connectivity index (χ0) is 24.7. The van der Waals surface area contributed by atoms with E-state index in [1.807, 2.05) is 12.1 Å². The van der Waals surface area contributed by atoms with Crippen LogP contribution in [0.15, 0.2) is 27.9 Å². The van der Waals surface area contributed by atoms with Crippen LogP contribution in [0.2, 0.25) is 10.0 Å². The van der Waals surface area contributed by atoms with Crippen LogP contribution in [-0.4, -0.2) is 70.8 Å². The summed E-state index contributed by atoms with van der Waals surface area (Å²) in [6, 6.07) is 5.59. The Balaban J connectivity index is 1.55. The van der Waals surface area contributed by atoms with Gasteiger partial charge < -0.3 is 15.8 Å². The fraction of sp³-hybridized carbons (Fsp3) is 0.429. The number of rotatable bonds is 10. The maximum Gasteiger partial charge on any atom is 0.270 e. The summed E-state index contributed by atoms with van der Waals surface area (Å²) in [5, 5.41) is 5.24. The molecule has 1 aliphatic rings. The number of nitrogens with one attached hydrogen (secondary N) is 1. The molecule has 1 aromatic heterocycles. The number of nitrogens with two attached hydrogens (primary N) is 1. The van der Waals surface area contributed by atoms with Crippen molar-refractivity contribution in [1.29, 1.82) is 0 Å². The molecule has 0 unspecified atom stereocenters. The first-order valence-electron chi connectivity index (χ1n) is 10.5. The minimum absolute atomic E-state index is 0.0546. The van der Waals surface area contributed by atoms with Gasteiger partial charge in [-0.15, -0.1) is 11.3 Å². The standard InChI is InChI=1S/C21H25Cl2N5O4S2/c1-13(29)28(34-21-26-18(12-33-21)20(31)25-5-4-19(24)30)11-15-10-27(6-7-32-15)9-14-2-3-16(22)17(23)8-14/h2-3,8,12,15H,4-7,9-11H2,1H3,(H2,24,30)(H,25,31)/t15-/m0/s1. The van der Waals surface area contributed by atoms with Crippen molar-refractivity contribution in [2.24, 2.45) is 5.73 Å². The number of carbonyl (C=O) groups excluding carboxylic acids is 3. The van der Waals surface area contributed by atoms with Gasteiger partial charge in [-0.25, -0.2) is 4.98 Å². The number of halogens is 2. The molecule has 34 heavy (non-hydrogen) atoms. The monoisotopic (exact) mass is 545 g/mol. The predicted octanol–water partition coefficient (Wildman–Crippen LogP) is 2.81. The van der Waals surface area contributed by atoms with E-state index in [9.17, 15) is 14.4 Å². The van der Waals surface area contributed by atoms with E-state index in [0.29, 0.717) is 40.6 Å². The first kappa shape index (κ1) is 26.7. The summed E-state index contributed by atoms with van der Waals surface area (Å²) >= 11 is 14.6. The highest BCUT2D eigenvalue weighted by atomic mass is 35.5. The van der Waals surface area contributed by atoms with E-state index in [-0.39, 0.29) is 30.7 Å². The number of hydrogen-bond donors (Lipinski definition) is 2. The number of amides is 3. The average Bonchev–Trinajstić information content (AvgIpc) is 3.24. The number of thiazole rings is 1. The smallest absolute Gasteiger partial charge is 0.270 e. The fourth-order valence-electron chi connectivity index (χ4n) is 3.23. The molecule has 0 radical (unpaired) electrons. The van der Waals surface area contributed by atoms with Gasteiger partial charge in [0.05, 0.1) is 29.3 Å². The van der Waals surface area contributed by atoms with Gasteiger partial charge in [-0.3, -0.25) is 23.6 Å². The average molecular weight is 547 g/mol. The van der Waals surface area contributed by atoms with Crippen molar-refractivity contribution in [2.75, 3.05) is 32.8 Å². The van der Waals surface area contributed by atoms with Crippen LogP contribution in [0.3, 0.4) is 0 Å². The van der Waals surface area contributed by atoms with Crippen molar-refractivity contribution in [3.05, 3.63) is 44.9 Å². The molecule has 2 aromatic rings. The number of carbonyl (C=O) groups is 3. The summed E-state index contributed by atoms with van der Waals surface area (Å²) in [5.74, 6) is -1.03. The van der Waals surface area contributed by atoms with Crippen LogP contribution >= 0.6 is 46.5 Å². The molecule has 0 aliphatic carbocycles. The highest BCUT2D eigenvalue weighted by Gasteiger charge is 2.26. The highest BCUT2D eigenvalue weighted by molar-refractivity contribution is 7.99. The Hall–Kier alpha value is -1.89. The third-order valence-corrected chi connectivity index (χ3v) is 7.65. The zero-order valence-corrected chi connectivity index (χ0v) is 21.6. The van der Waals surface area contributed by atoms with Gasteiger partial charge in [-0.05, 0) is 17.7 Å². The summed E-state index contributed by atoms with van der Waals surface area (Å²) in [6.45, 7) is 4.66. The molecule has 2 heterocycles. The second-order valence-corrected chi connectivity index (χ2v) is 10.6. The lowest BCUT2D eigenvalue weighted by Gasteiger charge is -2.35. The third kappa shape index (κ3) is 8.10. The lowest BCUT2D eigenvalue weighted by Crippen LogP contribution is -2.46. The Bertz CT molecular complexity index is 1040. The SMILES string of the molecule is CC(=O)N(C[C@@H]1CN(Cc2ccc(Cl)c(Cl)c2)CCO1)Sc1nc(C(=O)NCCC(N)=O)cs1. The first-order chi connectivity index (χ1) is 16.2. The number of benzene rings is 1. The minimum Gasteiger partial charge on any atom is -0.374 e. The molecule has 0 saturated carbocycles. The molecule has 9 nitrogen and oxygen atoms in total. The summed E-state index contributed by atoms with van der Waals surface area (Å²) in [5.41, 5.74) is 6.35. The van der Waals surface area contributed by atoms with Crippen LogP contribution in [0.5, 0.6) is 0 Å². The topological polar surface area (TPSA) is 118 Å². The van der Waals surface area contributed by atoms with E-state index in [2.05, 4.69) is 15.2 Å². The van der Waals surface area contributed by atoms with Gasteiger partial charge in [0.1, 0.15) is 5.69 Å². The van der Waals surface area contributed by atoms with E-state index in [1.165, 1.54) is 30.2 Å². The molecule has 3 amide bonds. The molecule has 184 valence electrons. The molecule has 1 saturated heterocycles. The maximum absolute atomic E-state index is 12.3. The molecular weight excluding hydrogens is 521 g/mol. The molecular formula is C21H25Cl2N5O4S2. The van der Waals surface area contributed by atoms with Gasteiger partial charge in [-0.2, -0.15) is 0 Å². The van der Waals surface area contributed by atoms with Crippen LogP contribution in [0.1, 0.15) is 29.4 Å². The van der Waals surface area contributed by atoms with Crippen LogP contribution in [0.25, 0.3) is 0 Å². The van der Waals surface area contributed by atoms with E-state index in [4.69, 9.17) is 33.7 Å². The lowest BCUT2D eigenvalue weighted by molar-refractivity contribution is -0.126. The fourth-order valence-corrected chi connectivity index (χ4v) is 5.36. The van der Waals surface area contributed by atoms with Gasteiger partial charge in [-0.1, -0.05) is 29.3 Å². The second-order valence-electron chi connectivity index (χ2n) is 7.62. The quantitative estimate of drug-likeness (QED) is 0.440. The number of morpholine rings is 1. The van der Waals surface area contributed by atoms with E-state index < -0.39 is 11.8 Å².